The highest BCUT2D eigenvalue weighted by Crippen LogP contribution is 2.53. The van der Waals surface area contributed by atoms with Crippen LogP contribution in [0.5, 0.6) is 23.1 Å². The molecule has 0 unspecified atom stereocenters. The molecule has 1 fully saturated rings. The Hall–Kier alpha value is -4.84. The lowest BCUT2D eigenvalue weighted by atomic mass is 10.1. The molecule has 230 valence electrons. The Morgan fingerprint density at radius 3 is 2.84 bits per heavy atom. The lowest BCUT2D eigenvalue weighted by Crippen LogP contribution is -2.35. The number of carbonyl (C=O) groups excluding carboxylic acids is 2. The number of piperidine rings is 1. The van der Waals surface area contributed by atoms with Gasteiger partial charge in [0.15, 0.2) is 17.2 Å². The molecule has 1 saturated heterocycles. The van der Waals surface area contributed by atoms with Crippen LogP contribution in [-0.4, -0.2) is 67.0 Å². The van der Waals surface area contributed by atoms with E-state index in [2.05, 4.69) is 31.6 Å². The van der Waals surface area contributed by atoms with Gasteiger partial charge in [0, 0.05) is 18.8 Å². The zero-order valence-corrected chi connectivity index (χ0v) is 25.6. The quantitative estimate of drug-likeness (QED) is 0.242. The molecule has 0 bridgehead atoms. The van der Waals surface area contributed by atoms with Crippen molar-refractivity contribution in [3.8, 4) is 29.2 Å². The molecule has 1 aromatic carbocycles. The van der Waals surface area contributed by atoms with Gasteiger partial charge in [0.1, 0.15) is 28.1 Å². The number of urea groups is 1. The van der Waals surface area contributed by atoms with Crippen LogP contribution in [0.15, 0.2) is 30.6 Å². The topological polar surface area (TPSA) is 151 Å². The molecule has 6 heterocycles. The summed E-state index contributed by atoms with van der Waals surface area (Å²) in [5.74, 6) is 0.863. The number of carbonyl (C=O) groups is 2. The van der Waals surface area contributed by atoms with E-state index in [0.29, 0.717) is 39.9 Å². The van der Waals surface area contributed by atoms with Crippen molar-refractivity contribution in [2.75, 3.05) is 55.7 Å². The van der Waals surface area contributed by atoms with E-state index >= 15 is 0 Å². The Kier molecular flexibility index (Phi) is 7.66. The zero-order chi connectivity index (χ0) is 31.1. The number of nitriles is 1. The first-order chi connectivity index (χ1) is 22.0. The summed E-state index contributed by atoms with van der Waals surface area (Å²) >= 11 is 7.64. The molecule has 4 aromatic rings. The number of hydrogen-bond acceptors (Lipinski definition) is 11. The lowest BCUT2D eigenvalue weighted by Gasteiger charge is -2.30. The molecule has 0 radical (unpaired) electrons. The van der Waals surface area contributed by atoms with Gasteiger partial charge in [-0.3, -0.25) is 14.6 Å². The number of thiophene rings is 1. The van der Waals surface area contributed by atoms with Crippen molar-refractivity contribution in [3.63, 3.8) is 0 Å². The number of aromatic nitrogens is 2. The van der Waals surface area contributed by atoms with Crippen LogP contribution in [0, 0.1) is 11.3 Å². The molecule has 7 rings (SSSR count). The number of hydrogen-bond donors (Lipinski definition) is 2. The Morgan fingerprint density at radius 2 is 2.04 bits per heavy atom. The SMILES string of the molecule is COc1cc(NC(=O)c2sc3ncc(C#N)c4c3c2NC(=O)N4c2c(Cl)ccc3c2OCO3)cnc1OCCN1CCCCC1. The van der Waals surface area contributed by atoms with Crippen LogP contribution < -0.4 is 34.5 Å². The summed E-state index contributed by atoms with van der Waals surface area (Å²) in [6.07, 6.45) is 6.50. The van der Waals surface area contributed by atoms with Gasteiger partial charge in [-0.05, 0) is 38.1 Å². The minimum Gasteiger partial charge on any atom is -0.491 e. The normalized spacial score (nSPS) is 15.5. The molecule has 0 spiro atoms. The van der Waals surface area contributed by atoms with E-state index in [1.54, 1.807) is 18.2 Å². The summed E-state index contributed by atoms with van der Waals surface area (Å²) in [6, 6.07) is 6.31. The maximum Gasteiger partial charge on any atom is 0.331 e. The van der Waals surface area contributed by atoms with Crippen LogP contribution in [0.2, 0.25) is 5.02 Å². The second kappa shape index (κ2) is 11.9. The number of anilines is 4. The van der Waals surface area contributed by atoms with Gasteiger partial charge >= 0.3 is 6.03 Å². The van der Waals surface area contributed by atoms with Crippen LogP contribution >= 0.6 is 22.9 Å². The predicted octanol–water partition coefficient (Wildman–Crippen LogP) is 5.75. The van der Waals surface area contributed by atoms with Crippen molar-refractivity contribution in [3.05, 3.63) is 46.1 Å². The number of nitrogens with zero attached hydrogens (tertiary/aromatic N) is 5. The van der Waals surface area contributed by atoms with Crippen LogP contribution in [0.1, 0.15) is 34.5 Å². The fourth-order valence-electron chi connectivity index (χ4n) is 5.66. The van der Waals surface area contributed by atoms with Crippen molar-refractivity contribution < 1.29 is 28.5 Å². The van der Waals surface area contributed by atoms with Crippen LogP contribution in [0.4, 0.5) is 27.5 Å². The molecule has 0 saturated carbocycles. The first kappa shape index (κ1) is 28.9. The van der Waals surface area contributed by atoms with E-state index in [0.717, 1.165) is 31.0 Å². The van der Waals surface area contributed by atoms with Gasteiger partial charge in [-0.1, -0.05) is 18.0 Å². The van der Waals surface area contributed by atoms with E-state index in [1.807, 2.05) is 0 Å². The number of nitrogens with one attached hydrogen (secondary N) is 2. The van der Waals surface area contributed by atoms with E-state index < -0.39 is 11.9 Å². The van der Waals surface area contributed by atoms with Gasteiger partial charge in [0.05, 0.1) is 46.3 Å². The number of halogens is 1. The van der Waals surface area contributed by atoms with E-state index in [-0.39, 0.29) is 45.1 Å². The smallest absolute Gasteiger partial charge is 0.331 e. The highest BCUT2D eigenvalue weighted by atomic mass is 35.5. The molecule has 3 aliphatic heterocycles. The number of amides is 3. The third kappa shape index (κ3) is 5.18. The summed E-state index contributed by atoms with van der Waals surface area (Å²) in [4.78, 5) is 40.4. The third-order valence-electron chi connectivity index (χ3n) is 7.76. The number of benzene rings is 1. The monoisotopic (exact) mass is 647 g/mol. The largest absolute Gasteiger partial charge is 0.491 e. The van der Waals surface area contributed by atoms with E-state index in [9.17, 15) is 14.9 Å². The summed E-state index contributed by atoms with van der Waals surface area (Å²) in [5.41, 5.74) is 1.15. The Balaban J connectivity index is 1.18. The molecular formula is C30H26ClN7O6S. The van der Waals surface area contributed by atoms with Crippen LogP contribution in [-0.2, 0) is 0 Å². The van der Waals surface area contributed by atoms with Gasteiger partial charge in [0.2, 0.25) is 6.79 Å². The fraction of sp³-hybridized carbons (Fsp3) is 0.300. The number of likely N-dealkylation sites (tertiary alicyclic amines) is 1. The molecule has 15 heteroatoms. The van der Waals surface area contributed by atoms with Gasteiger partial charge in [0.25, 0.3) is 11.8 Å². The first-order valence-electron chi connectivity index (χ1n) is 14.2. The third-order valence-corrected chi connectivity index (χ3v) is 9.16. The number of methoxy groups -OCH3 is 1. The van der Waals surface area contributed by atoms with Gasteiger partial charge in [-0.2, -0.15) is 5.26 Å². The fourth-order valence-corrected chi connectivity index (χ4v) is 6.89. The number of fused-ring (bicyclic) bond motifs is 1. The molecule has 3 aliphatic rings. The van der Waals surface area contributed by atoms with Gasteiger partial charge in [-0.15, -0.1) is 11.3 Å². The average molecular weight is 648 g/mol. The number of rotatable bonds is 8. The van der Waals surface area contributed by atoms with Crippen LogP contribution in [0.3, 0.4) is 0 Å². The molecule has 3 amide bonds. The Morgan fingerprint density at radius 1 is 1.20 bits per heavy atom. The maximum absolute atomic E-state index is 13.7. The first-order valence-corrected chi connectivity index (χ1v) is 15.4. The van der Waals surface area contributed by atoms with E-state index in [4.69, 9.17) is 30.5 Å². The predicted molar refractivity (Wildman–Crippen MR) is 168 cm³/mol. The Labute approximate surface area is 266 Å². The maximum atomic E-state index is 13.7. The van der Waals surface area contributed by atoms with Gasteiger partial charge in [-0.25, -0.2) is 14.8 Å². The van der Waals surface area contributed by atoms with Crippen molar-refractivity contribution in [2.45, 2.75) is 19.3 Å². The highest BCUT2D eigenvalue weighted by molar-refractivity contribution is 7.21. The second-order valence-electron chi connectivity index (χ2n) is 10.5. The molecule has 13 nitrogen and oxygen atoms in total. The van der Waals surface area contributed by atoms with Crippen molar-refractivity contribution in [1.29, 1.82) is 5.26 Å². The highest BCUT2D eigenvalue weighted by Gasteiger charge is 2.38. The molecule has 0 aliphatic carbocycles. The number of pyridine rings is 2. The van der Waals surface area contributed by atoms with Crippen LogP contribution in [0.25, 0.3) is 10.2 Å². The van der Waals surface area contributed by atoms with E-state index in [1.165, 1.54) is 43.7 Å². The summed E-state index contributed by atoms with van der Waals surface area (Å²) in [6.45, 7) is 3.35. The molecule has 45 heavy (non-hydrogen) atoms. The summed E-state index contributed by atoms with van der Waals surface area (Å²) in [7, 11) is 1.50. The molecular weight excluding hydrogens is 622 g/mol. The van der Waals surface area contributed by atoms with Crippen molar-refractivity contribution in [1.82, 2.24) is 14.9 Å². The van der Waals surface area contributed by atoms with Crippen molar-refractivity contribution >= 4 is 67.8 Å². The number of ether oxygens (including phenoxy) is 4. The zero-order valence-electron chi connectivity index (χ0n) is 24.0. The minimum absolute atomic E-state index is 0.0473. The minimum atomic E-state index is -0.640. The second-order valence-corrected chi connectivity index (χ2v) is 11.9. The Bertz CT molecular complexity index is 1890. The lowest BCUT2D eigenvalue weighted by molar-refractivity contribution is 0.103. The summed E-state index contributed by atoms with van der Waals surface area (Å²) < 4.78 is 22.5. The van der Waals surface area contributed by atoms with Crippen molar-refractivity contribution in [2.24, 2.45) is 0 Å². The average Bonchev–Trinajstić information content (AvgIpc) is 3.68. The van der Waals surface area contributed by atoms with Gasteiger partial charge < -0.3 is 29.6 Å². The standard InChI is InChI=1S/C30H26ClN7O6S/c1-41-20-11-17(14-33-28(20)42-10-9-37-7-3-2-4-8-37)35-27(39)26-22-21-23(16(12-32)13-34-29(21)45-26)38(30(40)36-22)24-18(31)5-6-19-25(24)44-15-43-19/h5-6,11,13-14H,2-4,7-10,15H2,1H3,(H,35,39)(H,36,40). The molecule has 3 aromatic heterocycles. The summed E-state index contributed by atoms with van der Waals surface area (Å²) in [5, 5.41) is 16.3. The molecule has 2 N–H and O–H groups in total. The molecule has 0 atom stereocenters.